The first kappa shape index (κ1) is 23.6. The first-order chi connectivity index (χ1) is 16.5. The Bertz CT molecular complexity index is 1270. The fraction of sp³-hybridized carbons (Fsp3) is 0.125. The molecule has 0 aliphatic rings. The van der Waals surface area contributed by atoms with E-state index in [0.29, 0.717) is 33.2 Å². The van der Waals surface area contributed by atoms with Crippen LogP contribution in [-0.4, -0.2) is 33.5 Å². The molecule has 0 saturated heterocycles. The number of nitrogens with one attached hydrogen (secondary N) is 1. The van der Waals surface area contributed by atoms with Gasteiger partial charge in [-0.15, -0.1) is 10.2 Å². The van der Waals surface area contributed by atoms with Crippen LogP contribution in [-0.2, 0) is 11.4 Å². The molecule has 10 heteroatoms. The minimum atomic E-state index is -0.444. The number of thioether (sulfide) groups is 1. The van der Waals surface area contributed by atoms with Crippen LogP contribution in [0.1, 0.15) is 5.82 Å². The molecule has 0 saturated carbocycles. The summed E-state index contributed by atoms with van der Waals surface area (Å²) >= 11 is 7.02. The van der Waals surface area contributed by atoms with Crippen molar-refractivity contribution in [3.8, 4) is 17.2 Å². The molecule has 3 aromatic carbocycles. The molecule has 0 aliphatic carbocycles. The summed E-state index contributed by atoms with van der Waals surface area (Å²) in [5.41, 5.74) is 0.889. The monoisotopic (exact) mass is 498 g/mol. The van der Waals surface area contributed by atoms with Crippen LogP contribution in [0.2, 0.25) is 5.02 Å². The number of halogens is 2. The van der Waals surface area contributed by atoms with Crippen molar-refractivity contribution in [1.29, 1.82) is 0 Å². The number of hydrogen-bond donors (Lipinski definition) is 1. The van der Waals surface area contributed by atoms with Crippen molar-refractivity contribution in [1.82, 2.24) is 14.8 Å². The number of anilines is 1. The van der Waals surface area contributed by atoms with E-state index >= 15 is 0 Å². The van der Waals surface area contributed by atoms with Gasteiger partial charge in [0.15, 0.2) is 11.0 Å². The number of carbonyl (C=O) groups is 1. The first-order valence-corrected chi connectivity index (χ1v) is 11.5. The number of rotatable bonds is 9. The third kappa shape index (κ3) is 5.86. The van der Waals surface area contributed by atoms with Crippen molar-refractivity contribution in [2.45, 2.75) is 11.8 Å². The Hall–Kier alpha value is -3.56. The SMILES string of the molecule is COc1ccc(OCc2nnc(SCC(=O)Nc3ccc(Cl)cc3)n2-c2ccccc2F)cc1. The Morgan fingerprint density at radius 1 is 1.03 bits per heavy atom. The molecule has 0 radical (unpaired) electrons. The number of hydrogen-bond acceptors (Lipinski definition) is 6. The molecule has 0 fully saturated rings. The minimum absolute atomic E-state index is 0.0468. The molecule has 1 amide bonds. The zero-order chi connectivity index (χ0) is 23.9. The average molecular weight is 499 g/mol. The lowest BCUT2D eigenvalue weighted by molar-refractivity contribution is -0.113. The summed E-state index contributed by atoms with van der Waals surface area (Å²) in [5.74, 6) is 1.06. The van der Waals surface area contributed by atoms with Crippen LogP contribution in [0.4, 0.5) is 10.1 Å². The second-order valence-electron chi connectivity index (χ2n) is 6.99. The largest absolute Gasteiger partial charge is 0.497 e. The number of aromatic nitrogens is 3. The van der Waals surface area contributed by atoms with E-state index in [1.165, 1.54) is 6.07 Å². The van der Waals surface area contributed by atoms with Gasteiger partial charge in [-0.05, 0) is 60.7 Å². The van der Waals surface area contributed by atoms with Crippen molar-refractivity contribution >= 4 is 35.0 Å². The molecule has 1 aromatic heterocycles. The predicted octanol–water partition coefficient (Wildman–Crippen LogP) is 5.38. The maximum atomic E-state index is 14.6. The number of benzene rings is 3. The van der Waals surface area contributed by atoms with E-state index < -0.39 is 5.82 Å². The van der Waals surface area contributed by atoms with Gasteiger partial charge in [0.1, 0.15) is 23.9 Å². The highest BCUT2D eigenvalue weighted by atomic mass is 35.5. The highest BCUT2D eigenvalue weighted by molar-refractivity contribution is 7.99. The van der Waals surface area contributed by atoms with E-state index in [2.05, 4.69) is 15.5 Å². The third-order valence-electron chi connectivity index (χ3n) is 4.68. The molecular formula is C24H20ClFN4O3S. The Morgan fingerprint density at radius 2 is 1.74 bits per heavy atom. The smallest absolute Gasteiger partial charge is 0.234 e. The Labute approximate surface area is 204 Å². The zero-order valence-electron chi connectivity index (χ0n) is 18.1. The third-order valence-corrected chi connectivity index (χ3v) is 5.86. The Balaban J connectivity index is 1.51. The number of para-hydroxylation sites is 1. The van der Waals surface area contributed by atoms with Gasteiger partial charge in [-0.2, -0.15) is 0 Å². The van der Waals surface area contributed by atoms with Crippen LogP contribution in [0.5, 0.6) is 11.5 Å². The molecule has 174 valence electrons. The summed E-state index contributed by atoms with van der Waals surface area (Å²) in [6.07, 6.45) is 0. The molecule has 0 atom stereocenters. The fourth-order valence-electron chi connectivity index (χ4n) is 3.04. The second-order valence-corrected chi connectivity index (χ2v) is 8.37. The van der Waals surface area contributed by atoms with Crippen molar-refractivity contribution in [2.24, 2.45) is 0 Å². The standard InChI is InChI=1S/C24H20ClFN4O3S/c1-32-18-10-12-19(13-11-18)33-14-22-28-29-24(30(22)21-5-3-2-4-20(21)26)34-15-23(31)27-17-8-6-16(25)7-9-17/h2-13H,14-15H2,1H3,(H,27,31). The van der Waals surface area contributed by atoms with Gasteiger partial charge in [0.05, 0.1) is 18.6 Å². The lowest BCUT2D eigenvalue weighted by atomic mass is 10.3. The van der Waals surface area contributed by atoms with Crippen LogP contribution in [0, 0.1) is 5.82 Å². The van der Waals surface area contributed by atoms with Gasteiger partial charge in [-0.1, -0.05) is 35.5 Å². The summed E-state index contributed by atoms with van der Waals surface area (Å²) in [7, 11) is 1.58. The van der Waals surface area contributed by atoms with E-state index in [1.54, 1.807) is 78.4 Å². The number of carbonyl (C=O) groups excluding carboxylic acids is 1. The number of amides is 1. The van der Waals surface area contributed by atoms with E-state index in [0.717, 1.165) is 11.8 Å². The van der Waals surface area contributed by atoms with Gasteiger partial charge in [0.2, 0.25) is 5.91 Å². The molecular weight excluding hydrogens is 479 g/mol. The quantitative estimate of drug-likeness (QED) is 0.312. The lowest BCUT2D eigenvalue weighted by Crippen LogP contribution is -2.15. The second kappa shape index (κ2) is 11.0. The maximum Gasteiger partial charge on any atom is 0.234 e. The number of methoxy groups -OCH3 is 1. The van der Waals surface area contributed by atoms with E-state index in [-0.39, 0.29) is 24.0 Å². The molecule has 0 aliphatic heterocycles. The average Bonchev–Trinajstić information content (AvgIpc) is 3.26. The molecule has 0 spiro atoms. The maximum absolute atomic E-state index is 14.6. The van der Waals surface area contributed by atoms with Gasteiger partial charge in [-0.25, -0.2) is 4.39 Å². The first-order valence-electron chi connectivity index (χ1n) is 10.2. The predicted molar refractivity (Wildman–Crippen MR) is 129 cm³/mol. The normalized spacial score (nSPS) is 10.7. The molecule has 0 unspecified atom stereocenters. The highest BCUT2D eigenvalue weighted by Crippen LogP contribution is 2.25. The summed E-state index contributed by atoms with van der Waals surface area (Å²) in [5, 5.41) is 12.1. The van der Waals surface area contributed by atoms with Crippen LogP contribution in [0.3, 0.4) is 0 Å². The summed E-state index contributed by atoms with van der Waals surface area (Å²) < 4.78 is 27.2. The van der Waals surface area contributed by atoms with Gasteiger partial charge in [0, 0.05) is 10.7 Å². The number of ether oxygens (including phenoxy) is 2. The van der Waals surface area contributed by atoms with Gasteiger partial charge >= 0.3 is 0 Å². The van der Waals surface area contributed by atoms with Crippen LogP contribution in [0.15, 0.2) is 78.0 Å². The molecule has 4 aromatic rings. The topological polar surface area (TPSA) is 78.3 Å². The number of nitrogens with zero attached hydrogens (tertiary/aromatic N) is 3. The summed E-state index contributed by atoms with van der Waals surface area (Å²) in [4.78, 5) is 12.4. The van der Waals surface area contributed by atoms with Crippen molar-refractivity contribution < 1.29 is 18.7 Å². The molecule has 0 bridgehead atoms. The van der Waals surface area contributed by atoms with Crippen molar-refractivity contribution in [3.63, 3.8) is 0 Å². The van der Waals surface area contributed by atoms with E-state index in [1.807, 2.05) is 0 Å². The molecule has 4 rings (SSSR count). The fourth-order valence-corrected chi connectivity index (χ4v) is 3.93. The van der Waals surface area contributed by atoms with Crippen molar-refractivity contribution in [3.05, 3.63) is 89.5 Å². The Kier molecular flexibility index (Phi) is 7.66. The highest BCUT2D eigenvalue weighted by Gasteiger charge is 2.19. The summed E-state index contributed by atoms with van der Waals surface area (Å²) in [6.45, 7) is 0.0468. The van der Waals surface area contributed by atoms with Gasteiger partial charge in [-0.3, -0.25) is 9.36 Å². The molecule has 7 nitrogen and oxygen atoms in total. The van der Waals surface area contributed by atoms with Crippen LogP contribution < -0.4 is 14.8 Å². The van der Waals surface area contributed by atoms with E-state index in [4.69, 9.17) is 21.1 Å². The summed E-state index contributed by atoms with van der Waals surface area (Å²) in [6, 6.07) is 20.2. The van der Waals surface area contributed by atoms with E-state index in [9.17, 15) is 9.18 Å². The minimum Gasteiger partial charge on any atom is -0.497 e. The van der Waals surface area contributed by atoms with Crippen LogP contribution in [0.25, 0.3) is 5.69 Å². The Morgan fingerprint density at radius 3 is 2.44 bits per heavy atom. The van der Waals surface area contributed by atoms with Gasteiger partial charge < -0.3 is 14.8 Å². The molecule has 34 heavy (non-hydrogen) atoms. The molecule has 1 heterocycles. The molecule has 1 N–H and O–H groups in total. The zero-order valence-corrected chi connectivity index (χ0v) is 19.6. The van der Waals surface area contributed by atoms with Gasteiger partial charge in [0.25, 0.3) is 0 Å². The lowest BCUT2D eigenvalue weighted by Gasteiger charge is -2.12. The van der Waals surface area contributed by atoms with Crippen LogP contribution >= 0.6 is 23.4 Å². The van der Waals surface area contributed by atoms with Crippen molar-refractivity contribution in [2.75, 3.05) is 18.2 Å².